The summed E-state index contributed by atoms with van der Waals surface area (Å²) in [6, 6.07) is 6.30. The lowest BCUT2D eigenvalue weighted by Crippen LogP contribution is -2.41. The molecular weight excluding hydrogens is 340 g/mol. The van der Waals surface area contributed by atoms with Crippen molar-refractivity contribution < 1.29 is 19.1 Å². The maximum absolute atomic E-state index is 12.3. The van der Waals surface area contributed by atoms with E-state index in [1.807, 2.05) is 5.32 Å². The van der Waals surface area contributed by atoms with Gasteiger partial charge in [0.1, 0.15) is 5.82 Å². The third-order valence-electron chi connectivity index (χ3n) is 3.58. The number of aromatic nitrogens is 2. The van der Waals surface area contributed by atoms with Crippen LogP contribution in [0.1, 0.15) is 19.2 Å². The highest BCUT2D eigenvalue weighted by atomic mass is 16.5. The van der Waals surface area contributed by atoms with Gasteiger partial charge in [0.05, 0.1) is 17.3 Å². The van der Waals surface area contributed by atoms with Crippen LogP contribution in [-0.2, 0) is 27.8 Å². The summed E-state index contributed by atoms with van der Waals surface area (Å²) in [6.45, 7) is 1.52. The van der Waals surface area contributed by atoms with Gasteiger partial charge >= 0.3 is 12.0 Å². The highest BCUT2D eigenvalue weighted by molar-refractivity contribution is 5.95. The Morgan fingerprint density at radius 1 is 1.23 bits per heavy atom. The van der Waals surface area contributed by atoms with Gasteiger partial charge in [-0.1, -0.05) is 12.1 Å². The van der Waals surface area contributed by atoms with Crippen LogP contribution in [0.15, 0.2) is 29.1 Å². The van der Waals surface area contributed by atoms with Gasteiger partial charge in [-0.25, -0.2) is 9.78 Å². The van der Waals surface area contributed by atoms with E-state index in [0.29, 0.717) is 23.3 Å². The minimum Gasteiger partial charge on any atom is -0.456 e. The average molecular weight is 360 g/mol. The van der Waals surface area contributed by atoms with Gasteiger partial charge in [-0.3, -0.25) is 24.3 Å². The molecule has 2 N–H and O–H groups in total. The Morgan fingerprint density at radius 3 is 2.69 bits per heavy atom. The molecule has 138 valence electrons. The molecule has 0 unspecified atom stereocenters. The first-order valence-electron chi connectivity index (χ1n) is 8.10. The van der Waals surface area contributed by atoms with Crippen LogP contribution in [0.2, 0.25) is 0 Å². The predicted octanol–water partition coefficient (Wildman–Crippen LogP) is 0.255. The Bertz CT molecular complexity index is 890. The molecule has 1 aromatic heterocycles. The van der Waals surface area contributed by atoms with E-state index < -0.39 is 24.5 Å². The highest BCUT2D eigenvalue weighted by Crippen LogP contribution is 2.08. The standard InChI is InChI=1S/C17H20N4O5/c1-3-18-17(25)20-14(22)10-26-15(23)9-8-13-19-12-7-5-4-6-11(12)16(24)21(13)2/h4-7H,3,8-10H2,1-2H3,(H2,18,20,22,25). The van der Waals surface area contributed by atoms with Crippen LogP contribution < -0.4 is 16.2 Å². The van der Waals surface area contributed by atoms with Gasteiger partial charge in [-0.05, 0) is 19.1 Å². The second-order valence-corrected chi connectivity index (χ2v) is 5.48. The lowest BCUT2D eigenvalue weighted by Gasteiger charge is -2.09. The van der Waals surface area contributed by atoms with E-state index in [1.165, 1.54) is 4.57 Å². The van der Waals surface area contributed by atoms with Crippen molar-refractivity contribution in [2.75, 3.05) is 13.2 Å². The molecule has 26 heavy (non-hydrogen) atoms. The molecule has 9 nitrogen and oxygen atoms in total. The fourth-order valence-electron chi connectivity index (χ4n) is 2.29. The average Bonchev–Trinajstić information content (AvgIpc) is 2.62. The molecule has 2 rings (SSSR count). The van der Waals surface area contributed by atoms with Crippen molar-refractivity contribution in [1.29, 1.82) is 0 Å². The quantitative estimate of drug-likeness (QED) is 0.713. The maximum atomic E-state index is 12.3. The van der Waals surface area contributed by atoms with E-state index in [0.717, 1.165) is 0 Å². The molecule has 9 heteroatoms. The molecule has 3 amide bonds. The summed E-state index contributed by atoms with van der Waals surface area (Å²) < 4.78 is 6.20. The molecule has 2 aromatic rings. The number of nitrogens with one attached hydrogen (secondary N) is 2. The number of carbonyl (C=O) groups is 3. The summed E-state index contributed by atoms with van der Waals surface area (Å²) in [6.07, 6.45) is 0.139. The number of fused-ring (bicyclic) bond motifs is 1. The number of urea groups is 1. The molecule has 0 atom stereocenters. The van der Waals surface area contributed by atoms with E-state index in [-0.39, 0.29) is 18.4 Å². The number of para-hydroxylation sites is 1. The number of ether oxygens (including phenoxy) is 1. The molecule has 0 aliphatic heterocycles. The van der Waals surface area contributed by atoms with E-state index in [4.69, 9.17) is 4.74 Å². The summed E-state index contributed by atoms with van der Waals surface area (Å²) in [5.41, 5.74) is 0.362. The number of hydrogen-bond donors (Lipinski definition) is 2. The van der Waals surface area contributed by atoms with Crippen LogP contribution in [0.5, 0.6) is 0 Å². The Kier molecular flexibility index (Phi) is 6.42. The SMILES string of the molecule is CCNC(=O)NC(=O)COC(=O)CCc1nc2ccccc2c(=O)n1C. The van der Waals surface area contributed by atoms with Gasteiger partial charge in [-0.2, -0.15) is 0 Å². The van der Waals surface area contributed by atoms with E-state index in [9.17, 15) is 19.2 Å². The molecule has 0 fully saturated rings. The number of benzene rings is 1. The van der Waals surface area contributed by atoms with Gasteiger partial charge in [0, 0.05) is 20.0 Å². The molecule has 0 saturated heterocycles. The van der Waals surface area contributed by atoms with E-state index in [1.54, 1.807) is 38.2 Å². The Morgan fingerprint density at radius 2 is 1.96 bits per heavy atom. The molecule has 1 heterocycles. The number of aryl methyl sites for hydroxylation is 1. The Hall–Kier alpha value is -3.23. The van der Waals surface area contributed by atoms with Crippen LogP contribution in [0, 0.1) is 0 Å². The fourth-order valence-corrected chi connectivity index (χ4v) is 2.29. The van der Waals surface area contributed by atoms with Gasteiger partial charge in [-0.15, -0.1) is 0 Å². The molecule has 1 aromatic carbocycles. The third kappa shape index (κ3) is 4.88. The van der Waals surface area contributed by atoms with Gasteiger partial charge in [0.15, 0.2) is 6.61 Å². The van der Waals surface area contributed by atoms with Gasteiger partial charge < -0.3 is 10.1 Å². The molecule has 0 bridgehead atoms. The summed E-state index contributed by atoms with van der Waals surface area (Å²) in [5.74, 6) is -0.906. The lowest BCUT2D eigenvalue weighted by molar-refractivity contribution is -0.148. The molecule has 0 aliphatic carbocycles. The van der Waals surface area contributed by atoms with Crippen molar-refractivity contribution in [1.82, 2.24) is 20.2 Å². The summed E-state index contributed by atoms with van der Waals surface area (Å²) in [7, 11) is 1.59. The third-order valence-corrected chi connectivity index (χ3v) is 3.58. The Labute approximate surface area is 149 Å². The number of esters is 1. The minimum atomic E-state index is -0.722. The van der Waals surface area contributed by atoms with Crippen molar-refractivity contribution in [2.45, 2.75) is 19.8 Å². The zero-order chi connectivity index (χ0) is 19.1. The van der Waals surface area contributed by atoms with Crippen LogP contribution in [0.3, 0.4) is 0 Å². The van der Waals surface area contributed by atoms with E-state index in [2.05, 4.69) is 10.3 Å². The summed E-state index contributed by atoms with van der Waals surface area (Å²) in [5, 5.41) is 4.91. The molecular formula is C17H20N4O5. The predicted molar refractivity (Wildman–Crippen MR) is 93.5 cm³/mol. The maximum Gasteiger partial charge on any atom is 0.321 e. The molecule has 0 radical (unpaired) electrons. The van der Waals surface area contributed by atoms with Crippen molar-refractivity contribution >= 4 is 28.8 Å². The van der Waals surface area contributed by atoms with Gasteiger partial charge in [0.2, 0.25) is 0 Å². The number of imide groups is 1. The first kappa shape index (κ1) is 19.1. The van der Waals surface area contributed by atoms with Crippen molar-refractivity contribution in [3.05, 3.63) is 40.4 Å². The van der Waals surface area contributed by atoms with Crippen LogP contribution >= 0.6 is 0 Å². The van der Waals surface area contributed by atoms with Crippen molar-refractivity contribution in [3.63, 3.8) is 0 Å². The second-order valence-electron chi connectivity index (χ2n) is 5.48. The molecule has 0 aliphatic rings. The molecule has 0 saturated carbocycles. The summed E-state index contributed by atoms with van der Waals surface area (Å²) >= 11 is 0. The second kappa shape index (κ2) is 8.75. The lowest BCUT2D eigenvalue weighted by atomic mass is 10.2. The summed E-state index contributed by atoms with van der Waals surface area (Å²) in [4.78, 5) is 51.0. The van der Waals surface area contributed by atoms with Crippen molar-refractivity contribution in [3.8, 4) is 0 Å². The number of carbonyl (C=O) groups excluding carboxylic acids is 3. The topological polar surface area (TPSA) is 119 Å². The normalized spacial score (nSPS) is 10.4. The smallest absolute Gasteiger partial charge is 0.321 e. The van der Waals surface area contributed by atoms with Crippen LogP contribution in [0.25, 0.3) is 10.9 Å². The first-order chi connectivity index (χ1) is 12.4. The minimum absolute atomic E-state index is 0.0486. The number of amides is 3. The van der Waals surface area contributed by atoms with Crippen LogP contribution in [-0.4, -0.2) is 40.6 Å². The highest BCUT2D eigenvalue weighted by Gasteiger charge is 2.13. The zero-order valence-corrected chi connectivity index (χ0v) is 14.6. The molecule has 0 spiro atoms. The zero-order valence-electron chi connectivity index (χ0n) is 14.6. The first-order valence-corrected chi connectivity index (χ1v) is 8.10. The van der Waals surface area contributed by atoms with Crippen molar-refractivity contribution in [2.24, 2.45) is 7.05 Å². The number of rotatable bonds is 6. The van der Waals surface area contributed by atoms with Gasteiger partial charge in [0.25, 0.3) is 11.5 Å². The fraction of sp³-hybridized carbons (Fsp3) is 0.353. The Balaban J connectivity index is 1.91. The number of hydrogen-bond acceptors (Lipinski definition) is 6. The largest absolute Gasteiger partial charge is 0.456 e. The number of nitrogens with zero attached hydrogens (tertiary/aromatic N) is 2. The van der Waals surface area contributed by atoms with Crippen LogP contribution in [0.4, 0.5) is 4.79 Å². The van der Waals surface area contributed by atoms with E-state index >= 15 is 0 Å². The monoisotopic (exact) mass is 360 g/mol.